The van der Waals surface area contributed by atoms with Crippen molar-refractivity contribution in [3.8, 4) is 0 Å². The number of aromatic nitrogens is 3. The molecule has 1 amide bonds. The third-order valence-corrected chi connectivity index (χ3v) is 3.10. The molecular weight excluding hydrogens is 232 g/mol. The van der Waals surface area contributed by atoms with Crippen LogP contribution in [0.15, 0.2) is 18.3 Å². The van der Waals surface area contributed by atoms with Crippen molar-refractivity contribution in [3.63, 3.8) is 0 Å². The first kappa shape index (κ1) is 11.2. The van der Waals surface area contributed by atoms with Crippen LogP contribution < -0.4 is 0 Å². The lowest BCUT2D eigenvalue weighted by molar-refractivity contribution is -0.141. The number of carbonyl (C=O) groups excluding carboxylic acids is 1. The number of hydrogen-bond acceptors (Lipinski definition) is 4. The highest BCUT2D eigenvalue weighted by atomic mass is 16.3. The summed E-state index contributed by atoms with van der Waals surface area (Å²) in [5.74, 6) is 0.840. The standard InChI is InChI=1S/C12H14N4O2/c17-8-6-16(7-8)11(18)4-3-10-14-9-2-1-5-13-12(9)15-10/h1-2,5,8,17H,3-4,6-7H2,(H,13,14,15). The molecular formula is C12H14N4O2. The zero-order valence-corrected chi connectivity index (χ0v) is 9.83. The smallest absolute Gasteiger partial charge is 0.223 e. The van der Waals surface area contributed by atoms with Crippen molar-refractivity contribution in [2.24, 2.45) is 0 Å². The summed E-state index contributed by atoms with van der Waals surface area (Å²) in [6.45, 7) is 0.918. The number of pyridine rings is 1. The average molecular weight is 246 g/mol. The van der Waals surface area contributed by atoms with E-state index in [2.05, 4.69) is 15.0 Å². The number of fused-ring (bicyclic) bond motifs is 1. The zero-order chi connectivity index (χ0) is 12.5. The van der Waals surface area contributed by atoms with E-state index in [-0.39, 0.29) is 12.0 Å². The Morgan fingerprint density at radius 2 is 2.39 bits per heavy atom. The Balaban J connectivity index is 1.61. The molecule has 1 fully saturated rings. The lowest BCUT2D eigenvalue weighted by atomic mass is 10.1. The summed E-state index contributed by atoms with van der Waals surface area (Å²) in [5, 5.41) is 9.13. The van der Waals surface area contributed by atoms with E-state index in [4.69, 9.17) is 5.11 Å². The van der Waals surface area contributed by atoms with E-state index in [9.17, 15) is 4.79 Å². The van der Waals surface area contributed by atoms with E-state index in [0.717, 1.165) is 11.3 Å². The zero-order valence-electron chi connectivity index (χ0n) is 9.83. The first-order chi connectivity index (χ1) is 8.72. The number of β-amino-alcohol motifs (C(OH)–C–C–N with tert-alkyl or cyclic N) is 1. The molecule has 2 aromatic rings. The molecule has 6 nitrogen and oxygen atoms in total. The van der Waals surface area contributed by atoms with Gasteiger partial charge in [-0.1, -0.05) is 0 Å². The molecule has 0 atom stereocenters. The summed E-state index contributed by atoms with van der Waals surface area (Å²) in [5.41, 5.74) is 1.57. The van der Waals surface area contributed by atoms with Gasteiger partial charge in [-0.3, -0.25) is 4.79 Å². The first-order valence-electron chi connectivity index (χ1n) is 5.98. The van der Waals surface area contributed by atoms with Gasteiger partial charge in [0.15, 0.2) is 5.65 Å². The highest BCUT2D eigenvalue weighted by molar-refractivity contribution is 5.77. The van der Waals surface area contributed by atoms with Crippen LogP contribution in [0.5, 0.6) is 0 Å². The van der Waals surface area contributed by atoms with Crippen molar-refractivity contribution in [3.05, 3.63) is 24.2 Å². The number of likely N-dealkylation sites (tertiary alicyclic amines) is 1. The Morgan fingerprint density at radius 3 is 3.11 bits per heavy atom. The van der Waals surface area contributed by atoms with Gasteiger partial charge < -0.3 is 15.0 Å². The van der Waals surface area contributed by atoms with E-state index >= 15 is 0 Å². The number of carbonyl (C=O) groups is 1. The maximum Gasteiger partial charge on any atom is 0.223 e. The summed E-state index contributed by atoms with van der Waals surface area (Å²) < 4.78 is 0. The summed E-state index contributed by atoms with van der Waals surface area (Å²) in [7, 11) is 0. The normalized spacial score (nSPS) is 15.9. The number of imidazole rings is 1. The van der Waals surface area contributed by atoms with Gasteiger partial charge in [-0.15, -0.1) is 0 Å². The largest absolute Gasteiger partial charge is 0.389 e. The Morgan fingerprint density at radius 1 is 1.56 bits per heavy atom. The second-order valence-electron chi connectivity index (χ2n) is 4.51. The fourth-order valence-electron chi connectivity index (χ4n) is 2.06. The fourth-order valence-corrected chi connectivity index (χ4v) is 2.06. The molecule has 2 aromatic heterocycles. The molecule has 2 N–H and O–H groups in total. The molecule has 18 heavy (non-hydrogen) atoms. The Kier molecular flexibility index (Phi) is 2.71. The van der Waals surface area contributed by atoms with Gasteiger partial charge in [-0.05, 0) is 12.1 Å². The molecule has 6 heteroatoms. The van der Waals surface area contributed by atoms with Crippen LogP contribution in [0.25, 0.3) is 11.2 Å². The summed E-state index contributed by atoms with van der Waals surface area (Å²) in [4.78, 5) is 25.0. The Labute approximate surface area is 104 Å². The van der Waals surface area contributed by atoms with E-state index in [1.54, 1.807) is 11.1 Å². The highest BCUT2D eigenvalue weighted by Gasteiger charge is 2.28. The molecule has 0 spiro atoms. The van der Waals surface area contributed by atoms with Crippen molar-refractivity contribution in [2.75, 3.05) is 13.1 Å². The number of H-pyrrole nitrogens is 1. The minimum atomic E-state index is -0.343. The lowest BCUT2D eigenvalue weighted by Gasteiger charge is -2.35. The summed E-state index contributed by atoms with van der Waals surface area (Å²) in [6.07, 6.45) is 2.33. The van der Waals surface area contributed by atoms with Crippen LogP contribution in [-0.2, 0) is 11.2 Å². The first-order valence-corrected chi connectivity index (χ1v) is 5.98. The number of hydrogen-bond donors (Lipinski definition) is 2. The lowest BCUT2D eigenvalue weighted by Crippen LogP contribution is -2.53. The number of amides is 1. The molecule has 0 bridgehead atoms. The van der Waals surface area contributed by atoms with E-state index in [1.165, 1.54) is 0 Å². The second-order valence-corrected chi connectivity index (χ2v) is 4.51. The molecule has 0 saturated carbocycles. The van der Waals surface area contributed by atoms with Gasteiger partial charge >= 0.3 is 0 Å². The Bertz CT molecular complexity index is 541. The minimum Gasteiger partial charge on any atom is -0.389 e. The molecule has 0 aromatic carbocycles. The van der Waals surface area contributed by atoms with Crippen LogP contribution >= 0.6 is 0 Å². The molecule has 3 heterocycles. The van der Waals surface area contributed by atoms with Crippen molar-refractivity contribution in [1.29, 1.82) is 0 Å². The SMILES string of the molecule is O=C(CCc1nc2ncccc2[nH]1)N1CC(O)C1. The predicted molar refractivity (Wildman–Crippen MR) is 64.8 cm³/mol. The van der Waals surface area contributed by atoms with Crippen molar-refractivity contribution >= 4 is 17.1 Å². The number of nitrogens with one attached hydrogen (secondary N) is 1. The number of aromatic amines is 1. The number of aliphatic hydroxyl groups excluding tert-OH is 1. The third kappa shape index (κ3) is 2.06. The van der Waals surface area contributed by atoms with E-state index in [0.29, 0.717) is 31.6 Å². The van der Waals surface area contributed by atoms with Crippen LogP contribution in [0.3, 0.4) is 0 Å². The van der Waals surface area contributed by atoms with Crippen molar-refractivity contribution in [2.45, 2.75) is 18.9 Å². The molecule has 0 unspecified atom stereocenters. The van der Waals surface area contributed by atoms with Crippen molar-refractivity contribution < 1.29 is 9.90 Å². The molecule has 1 saturated heterocycles. The van der Waals surface area contributed by atoms with Crippen LogP contribution in [0.1, 0.15) is 12.2 Å². The van der Waals surface area contributed by atoms with Gasteiger partial charge in [-0.2, -0.15) is 0 Å². The topological polar surface area (TPSA) is 82.1 Å². The van der Waals surface area contributed by atoms with Gasteiger partial charge in [0.2, 0.25) is 5.91 Å². The summed E-state index contributed by atoms with van der Waals surface area (Å²) >= 11 is 0. The number of aryl methyl sites for hydroxylation is 1. The molecule has 0 aliphatic carbocycles. The number of aliphatic hydroxyl groups is 1. The molecule has 3 rings (SSSR count). The average Bonchev–Trinajstić information content (AvgIpc) is 2.74. The Hall–Kier alpha value is -1.95. The highest BCUT2D eigenvalue weighted by Crippen LogP contribution is 2.12. The van der Waals surface area contributed by atoms with Gasteiger partial charge in [-0.25, -0.2) is 9.97 Å². The van der Waals surface area contributed by atoms with Crippen LogP contribution in [0.4, 0.5) is 0 Å². The quantitative estimate of drug-likeness (QED) is 0.804. The molecule has 0 radical (unpaired) electrons. The van der Waals surface area contributed by atoms with Crippen LogP contribution in [0, 0.1) is 0 Å². The van der Waals surface area contributed by atoms with Gasteiger partial charge in [0, 0.05) is 32.1 Å². The maximum atomic E-state index is 11.7. The monoisotopic (exact) mass is 246 g/mol. The molecule has 1 aliphatic heterocycles. The van der Waals surface area contributed by atoms with Gasteiger partial charge in [0.05, 0.1) is 11.6 Å². The summed E-state index contributed by atoms with van der Waals surface area (Å²) in [6, 6.07) is 3.75. The minimum absolute atomic E-state index is 0.0636. The molecule has 1 aliphatic rings. The van der Waals surface area contributed by atoms with Gasteiger partial charge in [0.1, 0.15) is 5.82 Å². The third-order valence-electron chi connectivity index (χ3n) is 3.10. The van der Waals surface area contributed by atoms with Crippen molar-refractivity contribution in [1.82, 2.24) is 19.9 Å². The molecule has 94 valence electrons. The predicted octanol–water partition coefficient (Wildman–Crippen LogP) is 0.0936. The van der Waals surface area contributed by atoms with E-state index < -0.39 is 0 Å². The van der Waals surface area contributed by atoms with Crippen LogP contribution in [0.2, 0.25) is 0 Å². The number of nitrogens with zero attached hydrogens (tertiary/aromatic N) is 3. The maximum absolute atomic E-state index is 11.7. The second kappa shape index (κ2) is 4.38. The van der Waals surface area contributed by atoms with Crippen LogP contribution in [-0.4, -0.2) is 50.1 Å². The number of rotatable bonds is 3. The fraction of sp³-hybridized carbons (Fsp3) is 0.417. The van der Waals surface area contributed by atoms with Gasteiger partial charge in [0.25, 0.3) is 0 Å². The van der Waals surface area contributed by atoms with E-state index in [1.807, 2.05) is 12.1 Å².